The van der Waals surface area contributed by atoms with Crippen LogP contribution < -0.4 is 0 Å². The van der Waals surface area contributed by atoms with E-state index in [0.717, 1.165) is 154 Å². The van der Waals surface area contributed by atoms with Crippen molar-refractivity contribution in [3.05, 3.63) is 340 Å². The highest BCUT2D eigenvalue weighted by atomic mass is 32.1. The molecule has 0 N–H and O–H groups in total. The monoisotopic (exact) mass is 1400 g/mol. The fourth-order valence-corrected chi connectivity index (χ4v) is 17.1. The van der Waals surface area contributed by atoms with Gasteiger partial charge in [-0.15, -0.1) is 11.3 Å². The van der Waals surface area contributed by atoms with Crippen LogP contribution in [0.4, 0.5) is 0 Å². The van der Waals surface area contributed by atoms with Crippen LogP contribution in [0.3, 0.4) is 0 Å². The summed E-state index contributed by atoms with van der Waals surface area (Å²) in [4.78, 5) is 30.9. The summed E-state index contributed by atoms with van der Waals surface area (Å²) in [5, 5.41) is 13.6. The molecule has 23 aromatic rings. The Hall–Kier alpha value is -14.5. The second-order valence-electron chi connectivity index (χ2n) is 27.2. The van der Waals surface area contributed by atoms with Gasteiger partial charge in [0.25, 0.3) is 0 Å². The predicted octanol–water partition coefficient (Wildman–Crippen LogP) is 25.7. The maximum absolute atomic E-state index is 6.26. The van der Waals surface area contributed by atoms with Gasteiger partial charge in [0.2, 0.25) is 5.95 Å². The molecule has 504 valence electrons. The molecule has 0 saturated heterocycles. The zero-order chi connectivity index (χ0) is 70.9. The fraction of sp³-hybridized carbons (Fsp3) is 0. The van der Waals surface area contributed by atoms with Crippen LogP contribution in [0.15, 0.2) is 353 Å². The molecule has 0 fully saturated rings. The van der Waals surface area contributed by atoms with Gasteiger partial charge in [-0.3, -0.25) is 4.57 Å². The number of rotatable bonds is 9. The molecule has 0 amide bonds. The van der Waals surface area contributed by atoms with Crippen molar-refractivity contribution in [3.8, 4) is 90.8 Å². The summed E-state index contributed by atoms with van der Waals surface area (Å²) < 4.78 is 25.4. The van der Waals surface area contributed by atoms with Crippen molar-refractivity contribution >= 4 is 141 Å². The van der Waals surface area contributed by atoms with Gasteiger partial charge in [0.05, 0.1) is 22.1 Å². The molecule has 0 spiro atoms. The van der Waals surface area contributed by atoms with E-state index < -0.39 is 0 Å². The highest BCUT2D eigenvalue weighted by molar-refractivity contribution is 7.26. The Morgan fingerprint density at radius 3 is 1.26 bits per heavy atom. The van der Waals surface area contributed by atoms with E-state index in [1.165, 1.54) is 30.9 Å². The van der Waals surface area contributed by atoms with Crippen molar-refractivity contribution < 1.29 is 13.3 Å². The largest absolute Gasteiger partial charge is 0.456 e. The minimum absolute atomic E-state index is 0.585. The molecule has 23 rings (SSSR count). The van der Waals surface area contributed by atoms with Gasteiger partial charge in [0.15, 0.2) is 29.1 Å². The zero-order valence-corrected chi connectivity index (χ0v) is 58.4. The molecule has 15 aromatic carbocycles. The highest BCUT2D eigenvalue weighted by Crippen LogP contribution is 2.44. The molecule has 0 atom stereocenters. The zero-order valence-electron chi connectivity index (χ0n) is 57.5. The molecule has 108 heavy (non-hydrogen) atoms. The first-order valence-corrected chi connectivity index (χ1v) is 36.8. The van der Waals surface area contributed by atoms with E-state index in [2.05, 4.69) is 246 Å². The lowest BCUT2D eigenvalue weighted by Crippen LogP contribution is -2.06. The average molecular weight is 1400 g/mol. The third-order valence-electron chi connectivity index (χ3n) is 20.9. The number of fused-ring (bicyclic) bond motifs is 18. The third-order valence-corrected chi connectivity index (χ3v) is 22.2. The number of furan rings is 3. The molecule has 0 saturated carbocycles. The summed E-state index contributed by atoms with van der Waals surface area (Å²) in [6.07, 6.45) is 0. The van der Waals surface area contributed by atoms with E-state index in [1.54, 1.807) is 11.3 Å². The SMILES string of the molecule is c1ccc(-c2nc(-c3cccc(-n4c5ccccc5c5cc(-c6ccc7oc8ccccc8c7c6)ccc54)c3)nc(-c3cccc4oc5ccccc5c34)n2)cc1.c1ccc(-c2nc(-c3cccc4c3sc3ccccc34)nc(-n3c4ccccc4c4cc(-c5ccc6oc7ccccc7c6c5)ccc43)n2)cc1. The molecule has 8 aromatic heterocycles. The number of benzene rings is 15. The Balaban J connectivity index is 0.000000135. The van der Waals surface area contributed by atoms with Crippen LogP contribution in [-0.2, 0) is 0 Å². The lowest BCUT2D eigenvalue weighted by atomic mass is 10.0. The van der Waals surface area contributed by atoms with Gasteiger partial charge in [-0.05, 0) is 131 Å². The van der Waals surface area contributed by atoms with Gasteiger partial charge in [-0.1, -0.05) is 231 Å². The van der Waals surface area contributed by atoms with Crippen LogP contribution in [0.2, 0.25) is 0 Å². The van der Waals surface area contributed by atoms with E-state index >= 15 is 0 Å². The minimum Gasteiger partial charge on any atom is -0.456 e. The fourth-order valence-electron chi connectivity index (χ4n) is 15.9. The van der Waals surface area contributed by atoms with Crippen molar-refractivity contribution in [2.24, 2.45) is 0 Å². The maximum atomic E-state index is 6.26. The van der Waals surface area contributed by atoms with Crippen LogP contribution >= 0.6 is 11.3 Å². The first kappa shape index (κ1) is 61.1. The Bertz CT molecular complexity index is 7590. The van der Waals surface area contributed by atoms with Crippen LogP contribution in [0.5, 0.6) is 0 Å². The number of thiophene rings is 1. The first-order chi connectivity index (χ1) is 53.5. The Kier molecular flexibility index (Phi) is 13.9. The van der Waals surface area contributed by atoms with Crippen molar-refractivity contribution in [3.63, 3.8) is 0 Å². The van der Waals surface area contributed by atoms with Crippen molar-refractivity contribution in [2.45, 2.75) is 0 Å². The summed E-state index contributed by atoms with van der Waals surface area (Å²) in [6.45, 7) is 0. The summed E-state index contributed by atoms with van der Waals surface area (Å²) >= 11 is 1.78. The van der Waals surface area contributed by atoms with E-state index in [0.29, 0.717) is 35.1 Å². The second kappa shape index (κ2) is 24.6. The number of hydrogen-bond donors (Lipinski definition) is 0. The summed E-state index contributed by atoms with van der Waals surface area (Å²) in [7, 11) is 0. The third kappa shape index (κ3) is 10.0. The van der Waals surface area contributed by atoms with Crippen LogP contribution in [0.1, 0.15) is 0 Å². The first-order valence-electron chi connectivity index (χ1n) is 36.0. The number of hydrogen-bond acceptors (Lipinski definition) is 10. The van der Waals surface area contributed by atoms with Crippen LogP contribution in [0, 0.1) is 0 Å². The smallest absolute Gasteiger partial charge is 0.238 e. The molecule has 0 unspecified atom stereocenters. The van der Waals surface area contributed by atoms with E-state index in [1.807, 2.05) is 103 Å². The van der Waals surface area contributed by atoms with E-state index in [9.17, 15) is 0 Å². The molecule has 11 nitrogen and oxygen atoms in total. The second-order valence-corrected chi connectivity index (χ2v) is 28.3. The molecule has 0 radical (unpaired) electrons. The lowest BCUT2D eigenvalue weighted by molar-refractivity contribution is 0.668. The Labute approximate surface area is 619 Å². The van der Waals surface area contributed by atoms with Gasteiger partial charge < -0.3 is 17.8 Å². The van der Waals surface area contributed by atoms with Crippen molar-refractivity contribution in [1.82, 2.24) is 39.0 Å². The Morgan fingerprint density at radius 2 is 0.620 bits per heavy atom. The molecule has 0 aliphatic rings. The maximum Gasteiger partial charge on any atom is 0.238 e. The quantitative estimate of drug-likeness (QED) is 0.139. The standard InChI is InChI=1S/C51H30N4O2.C45H26N4OS/c1-2-12-31(13-3-1)49-52-50(54-51(53-49)39-19-11-23-47-48(39)38-18-6-9-22-45(38)57-47)34-14-10-15-35(28-34)55-42-20-7-4-16-36(42)40-29-32(24-26-43(40)55)33-25-27-46-41(30-33)37-17-5-8-21-44(37)56-46;1-2-11-27(12-3-1)43-46-44(34-17-10-16-33-32-15-6-9-20-41(32)51-42(33)34)48-45(47-43)49-37-18-7-4-13-30(37)35-25-28(21-23-38(35)49)29-22-24-40-36(26-29)31-14-5-8-19-39(31)50-40/h1-30H;1-26H. The number of para-hydroxylation sites is 5. The van der Waals surface area contributed by atoms with Gasteiger partial charge in [-0.25, -0.2) is 19.9 Å². The van der Waals surface area contributed by atoms with E-state index in [4.69, 9.17) is 43.2 Å². The Morgan fingerprint density at radius 1 is 0.222 bits per heavy atom. The van der Waals surface area contributed by atoms with Crippen LogP contribution in [0.25, 0.3) is 220 Å². The molecular weight excluding hydrogens is 1350 g/mol. The average Bonchev–Trinajstić information content (AvgIpc) is 1.56. The number of nitrogens with zero attached hydrogens (tertiary/aromatic N) is 8. The molecule has 0 aliphatic heterocycles. The summed E-state index contributed by atoms with van der Waals surface area (Å²) in [5.74, 6) is 3.67. The predicted molar refractivity (Wildman–Crippen MR) is 441 cm³/mol. The topological polar surface area (TPSA) is 127 Å². The highest BCUT2D eigenvalue weighted by Gasteiger charge is 2.24. The van der Waals surface area contributed by atoms with Gasteiger partial charge in [-0.2, -0.15) is 9.97 Å². The van der Waals surface area contributed by atoms with Gasteiger partial charge in [0, 0.05) is 108 Å². The van der Waals surface area contributed by atoms with Crippen molar-refractivity contribution in [2.75, 3.05) is 0 Å². The van der Waals surface area contributed by atoms with Crippen molar-refractivity contribution in [1.29, 1.82) is 0 Å². The summed E-state index contributed by atoms with van der Waals surface area (Å²) in [6, 6.07) is 118. The molecule has 12 heteroatoms. The summed E-state index contributed by atoms with van der Waals surface area (Å²) in [5.41, 5.74) is 19.8. The lowest BCUT2D eigenvalue weighted by Gasteiger charge is -2.12. The van der Waals surface area contributed by atoms with Gasteiger partial charge >= 0.3 is 0 Å². The van der Waals surface area contributed by atoms with Gasteiger partial charge in [0.1, 0.15) is 33.5 Å². The van der Waals surface area contributed by atoms with E-state index in [-0.39, 0.29) is 0 Å². The normalized spacial score (nSPS) is 11.9. The molecule has 0 aliphatic carbocycles. The van der Waals surface area contributed by atoms with Crippen LogP contribution in [-0.4, -0.2) is 39.0 Å². The molecular formula is C96H56N8O3S. The minimum atomic E-state index is 0.585. The molecule has 8 heterocycles. The molecule has 0 bridgehead atoms. The number of aromatic nitrogens is 8.